The van der Waals surface area contributed by atoms with E-state index in [0.717, 1.165) is 13.0 Å². The molecule has 0 spiro atoms. The number of aryl methyl sites for hydroxylation is 1. The van der Waals surface area contributed by atoms with Crippen LogP contribution in [0.4, 0.5) is 4.79 Å². The van der Waals surface area contributed by atoms with Crippen LogP contribution < -0.4 is 10.6 Å². The second-order valence-electron chi connectivity index (χ2n) is 8.05. The van der Waals surface area contributed by atoms with Crippen LogP contribution in [-0.2, 0) is 18.3 Å². The van der Waals surface area contributed by atoms with Gasteiger partial charge in [0.05, 0.1) is 0 Å². The van der Waals surface area contributed by atoms with Gasteiger partial charge in [-0.2, -0.15) is 0 Å². The molecule has 1 rings (SSSR count). The van der Waals surface area contributed by atoms with Crippen LogP contribution in [0, 0.1) is 5.92 Å². The lowest BCUT2D eigenvalue weighted by Gasteiger charge is -2.33. The molecule has 0 bridgehead atoms. The Morgan fingerprint density at radius 2 is 1.96 bits per heavy atom. The summed E-state index contributed by atoms with van der Waals surface area (Å²) in [6.45, 7) is 13.4. The minimum Gasteiger partial charge on any atom is -0.444 e. The normalized spacial score (nSPS) is 14.6. The van der Waals surface area contributed by atoms with E-state index in [1.807, 2.05) is 38.6 Å². The van der Waals surface area contributed by atoms with E-state index in [2.05, 4.69) is 43.7 Å². The predicted molar refractivity (Wildman–Crippen MR) is 94.3 cm³/mol. The Bertz CT molecular complexity index is 503. The summed E-state index contributed by atoms with van der Waals surface area (Å²) in [5.74, 6) is 0.531. The van der Waals surface area contributed by atoms with Gasteiger partial charge in [-0.25, -0.2) is 4.79 Å². The molecule has 5 heteroatoms. The van der Waals surface area contributed by atoms with E-state index >= 15 is 0 Å². The summed E-state index contributed by atoms with van der Waals surface area (Å²) in [7, 11) is 2.01. The zero-order chi connectivity index (χ0) is 17.7. The summed E-state index contributed by atoms with van der Waals surface area (Å²) in [5, 5.41) is 6.49. The number of carbonyl (C=O) groups is 1. The molecule has 0 aliphatic heterocycles. The molecule has 1 amide bonds. The van der Waals surface area contributed by atoms with Crippen molar-refractivity contribution < 1.29 is 9.53 Å². The molecular formula is C18H33N3O2. The highest BCUT2D eigenvalue weighted by Gasteiger charge is 2.27. The van der Waals surface area contributed by atoms with Gasteiger partial charge in [0.2, 0.25) is 0 Å². The van der Waals surface area contributed by atoms with Crippen molar-refractivity contribution in [1.29, 1.82) is 0 Å². The van der Waals surface area contributed by atoms with Gasteiger partial charge in [0.1, 0.15) is 5.60 Å². The Kier molecular flexibility index (Phi) is 6.69. The molecule has 0 saturated carbocycles. The molecule has 1 heterocycles. The summed E-state index contributed by atoms with van der Waals surface area (Å²) in [6.07, 6.45) is 4.74. The molecule has 0 aliphatic rings. The summed E-state index contributed by atoms with van der Waals surface area (Å²) in [6, 6.07) is 2.10. The van der Waals surface area contributed by atoms with E-state index in [-0.39, 0.29) is 11.6 Å². The lowest BCUT2D eigenvalue weighted by Crippen LogP contribution is -2.52. The van der Waals surface area contributed by atoms with Crippen LogP contribution in [0.3, 0.4) is 0 Å². The fraction of sp³-hybridized carbons (Fsp3) is 0.722. The second kappa shape index (κ2) is 7.86. The minimum atomic E-state index is -0.476. The number of carbonyl (C=O) groups excluding carboxylic acids is 1. The molecule has 2 N–H and O–H groups in total. The zero-order valence-corrected chi connectivity index (χ0v) is 15.7. The van der Waals surface area contributed by atoms with Crippen LogP contribution in [0.15, 0.2) is 18.5 Å². The van der Waals surface area contributed by atoms with Gasteiger partial charge >= 0.3 is 6.09 Å². The van der Waals surface area contributed by atoms with Crippen LogP contribution in [0.1, 0.15) is 53.5 Å². The highest BCUT2D eigenvalue weighted by molar-refractivity contribution is 5.67. The van der Waals surface area contributed by atoms with Crippen molar-refractivity contribution in [3.63, 3.8) is 0 Å². The van der Waals surface area contributed by atoms with Crippen LogP contribution in [0.2, 0.25) is 0 Å². The average Bonchev–Trinajstić information content (AvgIpc) is 2.77. The topological polar surface area (TPSA) is 55.3 Å². The van der Waals surface area contributed by atoms with E-state index in [9.17, 15) is 4.79 Å². The maximum atomic E-state index is 11.9. The number of hydrogen-bond donors (Lipinski definition) is 2. The predicted octanol–water partition coefficient (Wildman–Crippen LogP) is 3.44. The van der Waals surface area contributed by atoms with E-state index in [4.69, 9.17) is 4.74 Å². The number of alkyl carbamates (subject to hydrolysis) is 1. The van der Waals surface area contributed by atoms with Gasteiger partial charge in [0.15, 0.2) is 0 Å². The number of ether oxygens (including phenoxy) is 1. The third-order valence-corrected chi connectivity index (χ3v) is 3.49. The quantitative estimate of drug-likeness (QED) is 0.808. The van der Waals surface area contributed by atoms with Crippen molar-refractivity contribution in [2.24, 2.45) is 13.0 Å². The molecule has 1 unspecified atom stereocenters. The van der Waals surface area contributed by atoms with Gasteiger partial charge < -0.3 is 19.9 Å². The molecular weight excluding hydrogens is 290 g/mol. The number of nitrogens with zero attached hydrogens (tertiary/aromatic N) is 1. The third kappa shape index (κ3) is 8.07. The Morgan fingerprint density at radius 3 is 2.43 bits per heavy atom. The summed E-state index contributed by atoms with van der Waals surface area (Å²) >= 11 is 0. The van der Waals surface area contributed by atoms with E-state index < -0.39 is 5.60 Å². The second-order valence-corrected chi connectivity index (χ2v) is 8.05. The highest BCUT2D eigenvalue weighted by atomic mass is 16.6. The van der Waals surface area contributed by atoms with Crippen LogP contribution >= 0.6 is 0 Å². The van der Waals surface area contributed by atoms with Gasteiger partial charge in [0, 0.05) is 38.1 Å². The van der Waals surface area contributed by atoms with Crippen molar-refractivity contribution in [1.82, 2.24) is 15.2 Å². The van der Waals surface area contributed by atoms with Gasteiger partial charge in [-0.15, -0.1) is 0 Å². The molecule has 0 aromatic carbocycles. The number of hydrogen-bond acceptors (Lipinski definition) is 3. The summed E-state index contributed by atoms with van der Waals surface area (Å²) in [5.41, 5.74) is 0.580. The smallest absolute Gasteiger partial charge is 0.407 e. The highest BCUT2D eigenvalue weighted by Crippen LogP contribution is 2.17. The van der Waals surface area contributed by atoms with Crippen molar-refractivity contribution in [3.05, 3.63) is 24.0 Å². The largest absolute Gasteiger partial charge is 0.444 e. The first kappa shape index (κ1) is 19.6. The lowest BCUT2D eigenvalue weighted by atomic mass is 9.90. The monoisotopic (exact) mass is 323 g/mol. The number of amides is 1. The molecule has 1 aromatic heterocycles. The molecule has 1 aromatic rings. The van der Waals surface area contributed by atoms with Gasteiger partial charge in [-0.05, 0) is 51.7 Å². The maximum Gasteiger partial charge on any atom is 0.407 e. The van der Waals surface area contributed by atoms with Crippen LogP contribution in [-0.4, -0.2) is 28.3 Å². The first-order valence-corrected chi connectivity index (χ1v) is 8.32. The Hall–Kier alpha value is -1.49. The Morgan fingerprint density at radius 1 is 1.30 bits per heavy atom. The van der Waals surface area contributed by atoms with Crippen molar-refractivity contribution >= 4 is 6.09 Å². The van der Waals surface area contributed by atoms with E-state index in [1.165, 1.54) is 5.56 Å². The lowest BCUT2D eigenvalue weighted by molar-refractivity contribution is 0.0507. The SMILES string of the molecule is CC(C)CC(C)(CNC(=O)OC(C)(C)C)NCc1ccn(C)c1. The number of rotatable bonds is 7. The molecule has 0 aliphatic carbocycles. The molecule has 0 radical (unpaired) electrons. The number of nitrogens with one attached hydrogen (secondary N) is 2. The molecule has 1 atom stereocenters. The van der Waals surface area contributed by atoms with Gasteiger partial charge in [-0.3, -0.25) is 0 Å². The van der Waals surface area contributed by atoms with Crippen molar-refractivity contribution in [3.8, 4) is 0 Å². The van der Waals surface area contributed by atoms with E-state index in [0.29, 0.717) is 12.5 Å². The number of aromatic nitrogens is 1. The molecule has 23 heavy (non-hydrogen) atoms. The maximum absolute atomic E-state index is 11.9. The molecule has 0 saturated heterocycles. The van der Waals surface area contributed by atoms with Crippen molar-refractivity contribution in [2.75, 3.05) is 6.54 Å². The Labute approximate surface area is 140 Å². The van der Waals surface area contributed by atoms with Gasteiger partial charge in [0.25, 0.3) is 0 Å². The van der Waals surface area contributed by atoms with E-state index in [1.54, 1.807) is 0 Å². The molecule has 0 fully saturated rings. The van der Waals surface area contributed by atoms with Crippen LogP contribution in [0.5, 0.6) is 0 Å². The third-order valence-electron chi connectivity index (χ3n) is 3.49. The molecule has 132 valence electrons. The minimum absolute atomic E-state index is 0.180. The Balaban J connectivity index is 2.60. The van der Waals surface area contributed by atoms with Gasteiger partial charge in [-0.1, -0.05) is 13.8 Å². The van der Waals surface area contributed by atoms with Crippen LogP contribution in [0.25, 0.3) is 0 Å². The molecule has 5 nitrogen and oxygen atoms in total. The first-order valence-electron chi connectivity index (χ1n) is 8.32. The average molecular weight is 323 g/mol. The standard InChI is InChI=1S/C18H33N3O2/c1-14(2)10-18(6,13-19-16(22)23-17(3,4)5)20-11-15-8-9-21(7)12-15/h8-9,12,14,20H,10-11,13H2,1-7H3,(H,19,22). The first-order chi connectivity index (χ1) is 10.5. The summed E-state index contributed by atoms with van der Waals surface area (Å²) < 4.78 is 7.36. The van der Waals surface area contributed by atoms with Crippen molar-refractivity contribution in [2.45, 2.75) is 65.6 Å². The zero-order valence-electron chi connectivity index (χ0n) is 15.7. The fourth-order valence-electron chi connectivity index (χ4n) is 2.67. The fourth-order valence-corrected chi connectivity index (χ4v) is 2.67. The summed E-state index contributed by atoms with van der Waals surface area (Å²) in [4.78, 5) is 11.9.